The number of thioether (sulfide) groups is 1. The second-order valence-electron chi connectivity index (χ2n) is 5.08. The molecule has 0 aromatic heterocycles. The highest BCUT2D eigenvalue weighted by molar-refractivity contribution is 7.98. The molecule has 0 spiro atoms. The summed E-state index contributed by atoms with van der Waals surface area (Å²) in [7, 11) is 0. The number of allylic oxidation sites excluding steroid dienone is 4. The fourth-order valence-corrected chi connectivity index (χ4v) is 2.93. The molecule has 21 heavy (non-hydrogen) atoms. The van der Waals surface area contributed by atoms with Crippen LogP contribution < -0.4 is 0 Å². The SMILES string of the molecule is CCC1=CC(CC(=O)O)=C(C)/C1=C/c1ccc(SC)cc1. The van der Waals surface area contributed by atoms with Crippen LogP contribution in [0.4, 0.5) is 0 Å². The summed E-state index contributed by atoms with van der Waals surface area (Å²) < 4.78 is 0. The summed E-state index contributed by atoms with van der Waals surface area (Å²) >= 11 is 1.73. The molecule has 0 unspecified atom stereocenters. The molecule has 0 bridgehead atoms. The largest absolute Gasteiger partial charge is 0.481 e. The van der Waals surface area contributed by atoms with Gasteiger partial charge in [0.25, 0.3) is 0 Å². The van der Waals surface area contributed by atoms with Crippen LogP contribution in [0, 0.1) is 0 Å². The number of carboxylic acid groups (broad SMARTS) is 1. The molecule has 0 amide bonds. The van der Waals surface area contributed by atoms with Crippen LogP contribution in [0.3, 0.4) is 0 Å². The van der Waals surface area contributed by atoms with E-state index < -0.39 is 5.97 Å². The summed E-state index contributed by atoms with van der Waals surface area (Å²) in [6, 6.07) is 8.43. The molecule has 110 valence electrons. The van der Waals surface area contributed by atoms with Crippen LogP contribution in [0.1, 0.15) is 32.3 Å². The minimum Gasteiger partial charge on any atom is -0.481 e. The first-order chi connectivity index (χ1) is 10.0. The van der Waals surface area contributed by atoms with Gasteiger partial charge >= 0.3 is 5.97 Å². The van der Waals surface area contributed by atoms with Crippen molar-refractivity contribution in [3.05, 3.63) is 58.2 Å². The molecule has 1 N–H and O–H groups in total. The lowest BCUT2D eigenvalue weighted by molar-refractivity contribution is -0.136. The third-order valence-electron chi connectivity index (χ3n) is 3.73. The van der Waals surface area contributed by atoms with Crippen LogP contribution in [0.15, 0.2) is 57.5 Å². The van der Waals surface area contributed by atoms with Crippen LogP contribution in [0.2, 0.25) is 0 Å². The summed E-state index contributed by atoms with van der Waals surface area (Å²) in [5, 5.41) is 9.00. The van der Waals surface area contributed by atoms with E-state index in [4.69, 9.17) is 5.11 Å². The average Bonchev–Trinajstić information content (AvgIpc) is 2.76. The third kappa shape index (κ3) is 3.67. The maximum Gasteiger partial charge on any atom is 0.307 e. The van der Waals surface area contributed by atoms with E-state index >= 15 is 0 Å². The maximum absolute atomic E-state index is 10.9. The van der Waals surface area contributed by atoms with Gasteiger partial charge in [-0.3, -0.25) is 4.79 Å². The van der Waals surface area contributed by atoms with Gasteiger partial charge in [-0.1, -0.05) is 25.1 Å². The Balaban J connectivity index is 2.35. The van der Waals surface area contributed by atoms with Crippen molar-refractivity contribution in [2.24, 2.45) is 0 Å². The van der Waals surface area contributed by atoms with Crippen molar-refractivity contribution < 1.29 is 9.90 Å². The number of rotatable bonds is 5. The zero-order valence-corrected chi connectivity index (χ0v) is 13.5. The lowest BCUT2D eigenvalue weighted by Crippen LogP contribution is -1.96. The van der Waals surface area contributed by atoms with E-state index in [0.29, 0.717) is 0 Å². The number of hydrogen-bond acceptors (Lipinski definition) is 2. The Morgan fingerprint density at radius 2 is 1.95 bits per heavy atom. The van der Waals surface area contributed by atoms with Gasteiger partial charge in [-0.25, -0.2) is 0 Å². The van der Waals surface area contributed by atoms with Crippen molar-refractivity contribution in [2.45, 2.75) is 31.6 Å². The molecular weight excluding hydrogens is 280 g/mol. The molecule has 1 aliphatic rings. The van der Waals surface area contributed by atoms with Crippen LogP contribution in [-0.4, -0.2) is 17.3 Å². The molecule has 0 atom stereocenters. The number of benzene rings is 1. The molecule has 0 fully saturated rings. The van der Waals surface area contributed by atoms with Gasteiger partial charge in [0, 0.05) is 4.90 Å². The van der Waals surface area contributed by atoms with Gasteiger partial charge in [0.15, 0.2) is 0 Å². The Kier molecular flexibility index (Phi) is 5.07. The van der Waals surface area contributed by atoms with Crippen LogP contribution in [0.5, 0.6) is 0 Å². The van der Waals surface area contributed by atoms with Gasteiger partial charge in [0.05, 0.1) is 6.42 Å². The summed E-state index contributed by atoms with van der Waals surface area (Å²) in [4.78, 5) is 12.2. The minimum atomic E-state index is -0.776. The average molecular weight is 300 g/mol. The van der Waals surface area contributed by atoms with Gasteiger partial charge in [-0.15, -0.1) is 11.8 Å². The molecule has 0 aliphatic heterocycles. The summed E-state index contributed by atoms with van der Waals surface area (Å²) in [6.07, 6.45) is 7.26. The van der Waals surface area contributed by atoms with E-state index in [1.54, 1.807) is 11.8 Å². The van der Waals surface area contributed by atoms with E-state index in [0.717, 1.165) is 23.1 Å². The second-order valence-corrected chi connectivity index (χ2v) is 5.95. The molecule has 2 rings (SSSR count). The first-order valence-corrected chi connectivity index (χ1v) is 8.26. The molecule has 0 saturated carbocycles. The Bertz CT molecular complexity index is 634. The molecule has 1 aromatic rings. The number of aliphatic carboxylic acids is 1. The van der Waals surface area contributed by atoms with Crippen molar-refractivity contribution in [3.63, 3.8) is 0 Å². The molecule has 3 heteroatoms. The highest BCUT2D eigenvalue weighted by Crippen LogP contribution is 2.35. The lowest BCUT2D eigenvalue weighted by Gasteiger charge is -2.07. The Hall–Kier alpha value is -1.74. The van der Waals surface area contributed by atoms with Crippen molar-refractivity contribution in [1.29, 1.82) is 0 Å². The standard InChI is InChI=1S/C18H20O2S/c1-4-14-10-15(11-18(19)20)12(2)17(14)9-13-5-7-16(21-3)8-6-13/h5-10H,4,11H2,1-3H3,(H,19,20)/b17-9-. The topological polar surface area (TPSA) is 37.3 Å². The number of hydrogen-bond donors (Lipinski definition) is 1. The van der Waals surface area contributed by atoms with Gasteiger partial charge in [0.1, 0.15) is 0 Å². The van der Waals surface area contributed by atoms with Gasteiger partial charge in [-0.2, -0.15) is 0 Å². The lowest BCUT2D eigenvalue weighted by atomic mass is 9.99. The predicted octanol–water partition coefficient (Wildman–Crippen LogP) is 4.93. The molecule has 0 heterocycles. The monoisotopic (exact) mass is 300 g/mol. The molecule has 0 saturated heterocycles. The zero-order valence-electron chi connectivity index (χ0n) is 12.6. The van der Waals surface area contributed by atoms with E-state index in [9.17, 15) is 4.79 Å². The van der Waals surface area contributed by atoms with Crippen LogP contribution in [-0.2, 0) is 4.79 Å². The van der Waals surface area contributed by atoms with Crippen LogP contribution >= 0.6 is 11.8 Å². The Morgan fingerprint density at radius 1 is 1.29 bits per heavy atom. The normalized spacial score (nSPS) is 16.5. The van der Waals surface area contributed by atoms with Crippen molar-refractivity contribution in [3.8, 4) is 0 Å². The molecule has 2 nitrogen and oxygen atoms in total. The first kappa shape index (κ1) is 15.6. The zero-order chi connectivity index (χ0) is 15.4. The Labute approximate surface area is 130 Å². The van der Waals surface area contributed by atoms with E-state index in [1.807, 2.05) is 13.0 Å². The highest BCUT2D eigenvalue weighted by atomic mass is 32.2. The van der Waals surface area contributed by atoms with Gasteiger partial charge < -0.3 is 5.11 Å². The molecule has 1 aliphatic carbocycles. The van der Waals surface area contributed by atoms with Crippen molar-refractivity contribution in [2.75, 3.05) is 6.26 Å². The van der Waals surface area contributed by atoms with E-state index in [2.05, 4.69) is 43.5 Å². The number of carbonyl (C=O) groups is 1. The minimum absolute atomic E-state index is 0.0953. The van der Waals surface area contributed by atoms with Gasteiger partial charge in [0.2, 0.25) is 0 Å². The quantitative estimate of drug-likeness (QED) is 0.783. The fraction of sp³-hybridized carbons (Fsp3) is 0.278. The fourth-order valence-electron chi connectivity index (χ4n) is 2.52. The van der Waals surface area contributed by atoms with E-state index in [-0.39, 0.29) is 6.42 Å². The highest BCUT2D eigenvalue weighted by Gasteiger charge is 2.19. The van der Waals surface area contributed by atoms with Crippen LogP contribution in [0.25, 0.3) is 6.08 Å². The summed E-state index contributed by atoms with van der Waals surface area (Å²) in [5.74, 6) is -0.776. The molecule has 1 aromatic carbocycles. The van der Waals surface area contributed by atoms with Gasteiger partial charge in [-0.05, 0) is 65.7 Å². The smallest absolute Gasteiger partial charge is 0.307 e. The Morgan fingerprint density at radius 3 is 2.48 bits per heavy atom. The van der Waals surface area contributed by atoms with Crippen molar-refractivity contribution >= 4 is 23.8 Å². The third-order valence-corrected chi connectivity index (χ3v) is 4.47. The predicted molar refractivity (Wildman–Crippen MR) is 89.5 cm³/mol. The van der Waals surface area contributed by atoms with Crippen molar-refractivity contribution in [1.82, 2.24) is 0 Å². The first-order valence-electron chi connectivity index (χ1n) is 7.03. The maximum atomic E-state index is 10.9. The second kappa shape index (κ2) is 6.81. The summed E-state index contributed by atoms with van der Waals surface area (Å²) in [5.41, 5.74) is 5.55. The summed E-state index contributed by atoms with van der Waals surface area (Å²) in [6.45, 7) is 4.12. The molecule has 0 radical (unpaired) electrons. The van der Waals surface area contributed by atoms with E-state index in [1.165, 1.54) is 16.0 Å². The number of carboxylic acids is 1. The molecular formula is C18H20O2S.